The summed E-state index contributed by atoms with van der Waals surface area (Å²) in [6, 6.07) is 5.89. The van der Waals surface area contributed by atoms with Crippen LogP contribution in [0.3, 0.4) is 0 Å². The molecule has 0 bridgehead atoms. The number of hydrogen-bond donors (Lipinski definition) is 2. The Kier molecular flexibility index (Phi) is 4.74. The number of fused-ring (bicyclic) bond motifs is 1. The maximum Gasteiger partial charge on any atom is 0.272 e. The molecule has 5 heteroatoms. The van der Waals surface area contributed by atoms with Gasteiger partial charge in [0.1, 0.15) is 0 Å². The van der Waals surface area contributed by atoms with E-state index in [0.29, 0.717) is 18.8 Å². The van der Waals surface area contributed by atoms with Gasteiger partial charge >= 0.3 is 0 Å². The van der Waals surface area contributed by atoms with Crippen LogP contribution in [0.25, 0.3) is 10.9 Å². The zero-order valence-electron chi connectivity index (χ0n) is 12.2. The third-order valence-corrected chi connectivity index (χ3v) is 2.99. The number of aromatic amines is 1. The number of amides is 1. The van der Waals surface area contributed by atoms with Gasteiger partial charge in [-0.3, -0.25) is 9.89 Å². The summed E-state index contributed by atoms with van der Waals surface area (Å²) in [5.41, 5.74) is 2.44. The molecule has 0 spiro atoms. The van der Waals surface area contributed by atoms with Gasteiger partial charge in [0.2, 0.25) is 0 Å². The summed E-state index contributed by atoms with van der Waals surface area (Å²) in [6.45, 7) is 7.23. The molecule has 5 nitrogen and oxygen atoms in total. The van der Waals surface area contributed by atoms with Crippen LogP contribution in [0.1, 0.15) is 36.3 Å². The number of aryl methyl sites for hydroxylation is 1. The van der Waals surface area contributed by atoms with Crippen molar-refractivity contribution in [3.05, 3.63) is 29.5 Å². The van der Waals surface area contributed by atoms with Crippen molar-refractivity contribution in [1.82, 2.24) is 15.5 Å². The number of aromatic nitrogens is 2. The van der Waals surface area contributed by atoms with Crippen LogP contribution in [0.4, 0.5) is 0 Å². The highest BCUT2D eigenvalue weighted by Gasteiger charge is 2.13. The lowest BCUT2D eigenvalue weighted by atomic mass is 10.1. The molecular formula is C15H21N3O2. The van der Waals surface area contributed by atoms with Crippen molar-refractivity contribution in [2.75, 3.05) is 13.2 Å². The first-order valence-corrected chi connectivity index (χ1v) is 6.92. The van der Waals surface area contributed by atoms with Gasteiger partial charge < -0.3 is 10.1 Å². The number of nitrogens with one attached hydrogen (secondary N) is 2. The van der Waals surface area contributed by atoms with Gasteiger partial charge in [-0.2, -0.15) is 5.10 Å². The smallest absolute Gasteiger partial charge is 0.272 e. The summed E-state index contributed by atoms with van der Waals surface area (Å²) >= 11 is 0. The van der Waals surface area contributed by atoms with Crippen molar-refractivity contribution >= 4 is 16.8 Å². The van der Waals surface area contributed by atoms with Crippen LogP contribution in [0.15, 0.2) is 18.2 Å². The lowest BCUT2D eigenvalue weighted by molar-refractivity contribution is 0.0756. The number of H-pyrrole nitrogens is 1. The molecule has 0 saturated heterocycles. The molecule has 0 radical (unpaired) electrons. The third-order valence-electron chi connectivity index (χ3n) is 2.99. The Labute approximate surface area is 118 Å². The Morgan fingerprint density at radius 2 is 2.25 bits per heavy atom. The Morgan fingerprint density at radius 3 is 3.00 bits per heavy atom. The van der Waals surface area contributed by atoms with Crippen molar-refractivity contribution in [2.24, 2.45) is 0 Å². The van der Waals surface area contributed by atoms with E-state index in [0.717, 1.165) is 22.9 Å². The minimum atomic E-state index is -0.147. The Bertz CT molecular complexity index is 590. The number of benzene rings is 1. The van der Waals surface area contributed by atoms with Crippen LogP contribution in [0.2, 0.25) is 0 Å². The minimum Gasteiger partial charge on any atom is -0.379 e. The SMILES string of the molecule is Cc1ccc2[nH]nc(C(=O)NCCCOC(C)C)c2c1. The van der Waals surface area contributed by atoms with Gasteiger partial charge in [0, 0.05) is 18.5 Å². The van der Waals surface area contributed by atoms with Crippen molar-refractivity contribution in [3.63, 3.8) is 0 Å². The average molecular weight is 275 g/mol. The number of carbonyl (C=O) groups is 1. The zero-order valence-corrected chi connectivity index (χ0v) is 12.2. The molecule has 0 atom stereocenters. The molecule has 108 valence electrons. The molecule has 0 saturated carbocycles. The van der Waals surface area contributed by atoms with Crippen LogP contribution in [-0.2, 0) is 4.74 Å². The number of rotatable bonds is 6. The largest absolute Gasteiger partial charge is 0.379 e. The second-order valence-corrected chi connectivity index (χ2v) is 5.15. The Balaban J connectivity index is 1.93. The lowest BCUT2D eigenvalue weighted by Crippen LogP contribution is -2.26. The summed E-state index contributed by atoms with van der Waals surface area (Å²) in [4.78, 5) is 12.1. The summed E-state index contributed by atoms with van der Waals surface area (Å²) in [5, 5.41) is 10.7. The molecule has 2 N–H and O–H groups in total. The van der Waals surface area contributed by atoms with E-state index in [1.54, 1.807) is 0 Å². The molecule has 2 rings (SSSR count). The molecule has 0 fully saturated rings. The highest BCUT2D eigenvalue weighted by Crippen LogP contribution is 2.17. The molecule has 0 aliphatic rings. The summed E-state index contributed by atoms with van der Waals surface area (Å²) in [7, 11) is 0. The van der Waals surface area contributed by atoms with E-state index < -0.39 is 0 Å². The van der Waals surface area contributed by atoms with Gasteiger partial charge in [-0.05, 0) is 39.3 Å². The summed E-state index contributed by atoms with van der Waals surface area (Å²) in [5.74, 6) is -0.147. The first-order chi connectivity index (χ1) is 9.58. The molecule has 1 aromatic carbocycles. The molecule has 1 aromatic heterocycles. The number of hydrogen-bond acceptors (Lipinski definition) is 3. The number of carbonyl (C=O) groups excluding carboxylic acids is 1. The quantitative estimate of drug-likeness (QED) is 0.796. The van der Waals surface area contributed by atoms with Crippen LogP contribution in [-0.4, -0.2) is 35.4 Å². The third kappa shape index (κ3) is 3.57. The zero-order chi connectivity index (χ0) is 14.5. The summed E-state index contributed by atoms with van der Waals surface area (Å²) < 4.78 is 5.43. The Morgan fingerprint density at radius 1 is 1.45 bits per heavy atom. The highest BCUT2D eigenvalue weighted by molar-refractivity contribution is 6.04. The van der Waals surface area contributed by atoms with E-state index in [9.17, 15) is 4.79 Å². The van der Waals surface area contributed by atoms with E-state index >= 15 is 0 Å². The fourth-order valence-electron chi connectivity index (χ4n) is 1.98. The molecule has 1 heterocycles. The molecular weight excluding hydrogens is 254 g/mol. The normalized spacial score (nSPS) is 11.2. The van der Waals surface area contributed by atoms with Crippen LogP contribution in [0.5, 0.6) is 0 Å². The van der Waals surface area contributed by atoms with Crippen LogP contribution < -0.4 is 5.32 Å². The van der Waals surface area contributed by atoms with E-state index in [1.165, 1.54) is 0 Å². The van der Waals surface area contributed by atoms with E-state index in [4.69, 9.17) is 4.74 Å². The van der Waals surface area contributed by atoms with Crippen molar-refractivity contribution in [1.29, 1.82) is 0 Å². The van der Waals surface area contributed by atoms with E-state index in [1.807, 2.05) is 39.0 Å². The second kappa shape index (κ2) is 6.52. The van der Waals surface area contributed by atoms with Gasteiger partial charge in [0.15, 0.2) is 5.69 Å². The highest BCUT2D eigenvalue weighted by atomic mass is 16.5. The number of ether oxygens (including phenoxy) is 1. The van der Waals surface area contributed by atoms with Gasteiger partial charge in [0.05, 0.1) is 11.6 Å². The Hall–Kier alpha value is -1.88. The molecule has 0 unspecified atom stereocenters. The second-order valence-electron chi connectivity index (χ2n) is 5.15. The fourth-order valence-corrected chi connectivity index (χ4v) is 1.98. The van der Waals surface area contributed by atoms with Crippen molar-refractivity contribution in [2.45, 2.75) is 33.3 Å². The van der Waals surface area contributed by atoms with Crippen molar-refractivity contribution in [3.8, 4) is 0 Å². The van der Waals surface area contributed by atoms with Crippen LogP contribution >= 0.6 is 0 Å². The predicted octanol–water partition coefficient (Wildman–Crippen LogP) is 2.42. The maximum absolute atomic E-state index is 12.1. The predicted molar refractivity (Wildman–Crippen MR) is 78.9 cm³/mol. The summed E-state index contributed by atoms with van der Waals surface area (Å²) in [6.07, 6.45) is 1.02. The van der Waals surface area contributed by atoms with Crippen LogP contribution in [0, 0.1) is 6.92 Å². The molecule has 1 amide bonds. The standard InChI is InChI=1S/C15H21N3O2/c1-10(2)20-8-4-7-16-15(19)14-12-9-11(3)5-6-13(12)17-18-14/h5-6,9-10H,4,7-8H2,1-3H3,(H,16,19)(H,17,18). The van der Waals surface area contributed by atoms with Gasteiger partial charge in [-0.15, -0.1) is 0 Å². The monoisotopic (exact) mass is 275 g/mol. The first kappa shape index (κ1) is 14.5. The molecule has 20 heavy (non-hydrogen) atoms. The maximum atomic E-state index is 12.1. The average Bonchev–Trinajstić information content (AvgIpc) is 2.80. The van der Waals surface area contributed by atoms with Crippen molar-refractivity contribution < 1.29 is 9.53 Å². The molecule has 2 aromatic rings. The van der Waals surface area contributed by atoms with E-state index in [-0.39, 0.29) is 12.0 Å². The molecule has 0 aliphatic carbocycles. The van der Waals surface area contributed by atoms with Gasteiger partial charge in [-0.1, -0.05) is 11.6 Å². The molecule has 0 aliphatic heterocycles. The lowest BCUT2D eigenvalue weighted by Gasteiger charge is -2.07. The van der Waals surface area contributed by atoms with Gasteiger partial charge in [0.25, 0.3) is 5.91 Å². The first-order valence-electron chi connectivity index (χ1n) is 6.92. The number of nitrogens with zero attached hydrogens (tertiary/aromatic N) is 1. The minimum absolute atomic E-state index is 0.147. The van der Waals surface area contributed by atoms with Gasteiger partial charge in [-0.25, -0.2) is 0 Å². The van der Waals surface area contributed by atoms with E-state index in [2.05, 4.69) is 15.5 Å². The topological polar surface area (TPSA) is 67.0 Å². The fraction of sp³-hybridized carbons (Fsp3) is 0.467.